The van der Waals surface area contributed by atoms with Crippen LogP contribution in [-0.2, 0) is 14.4 Å². The van der Waals surface area contributed by atoms with Gasteiger partial charge in [-0.15, -0.1) is 0 Å². The lowest BCUT2D eigenvalue weighted by Crippen LogP contribution is -2.45. The van der Waals surface area contributed by atoms with Crippen LogP contribution in [0, 0.1) is 6.92 Å². The Kier molecular flexibility index (Phi) is 6.89. The summed E-state index contributed by atoms with van der Waals surface area (Å²) in [5, 5.41) is 5.69. The Morgan fingerprint density at radius 2 is 1.97 bits per heavy atom. The van der Waals surface area contributed by atoms with Crippen LogP contribution in [0.3, 0.4) is 0 Å². The summed E-state index contributed by atoms with van der Waals surface area (Å²) < 4.78 is 0.917. The van der Waals surface area contributed by atoms with E-state index in [9.17, 15) is 14.4 Å². The number of carbonyl (C=O) groups excluding carboxylic acids is 3. The number of anilines is 3. The molecule has 1 aliphatic heterocycles. The van der Waals surface area contributed by atoms with Gasteiger partial charge in [0.05, 0.1) is 24.5 Å². The normalized spacial score (nSPS) is 16.0. The zero-order valence-electron chi connectivity index (χ0n) is 17.2. The van der Waals surface area contributed by atoms with Crippen molar-refractivity contribution in [3.8, 4) is 0 Å². The summed E-state index contributed by atoms with van der Waals surface area (Å²) in [5.41, 5.74) is 3.06. The van der Waals surface area contributed by atoms with Gasteiger partial charge < -0.3 is 15.5 Å². The molecule has 0 aromatic heterocycles. The number of benzene rings is 2. The van der Waals surface area contributed by atoms with Crippen molar-refractivity contribution in [1.82, 2.24) is 4.90 Å². The van der Waals surface area contributed by atoms with Gasteiger partial charge in [0.25, 0.3) is 0 Å². The molecule has 3 amide bonds. The second-order valence-electron chi connectivity index (χ2n) is 7.57. The Morgan fingerprint density at radius 1 is 1.23 bits per heavy atom. The van der Waals surface area contributed by atoms with E-state index in [1.165, 1.54) is 0 Å². The van der Waals surface area contributed by atoms with Crippen LogP contribution >= 0.6 is 15.9 Å². The number of para-hydroxylation sites is 2. The summed E-state index contributed by atoms with van der Waals surface area (Å²) in [5.74, 6) is -0.496. The van der Waals surface area contributed by atoms with Gasteiger partial charge in [-0.25, -0.2) is 0 Å². The predicted octanol–water partition coefficient (Wildman–Crippen LogP) is 3.39. The molecule has 2 aromatic rings. The third kappa shape index (κ3) is 5.25. The minimum atomic E-state index is -0.284. The van der Waals surface area contributed by atoms with E-state index < -0.39 is 0 Å². The first-order valence-corrected chi connectivity index (χ1v) is 10.5. The number of nitrogens with one attached hydrogen (secondary N) is 2. The van der Waals surface area contributed by atoms with Crippen molar-refractivity contribution in [2.75, 3.05) is 35.7 Å². The average Bonchev–Trinajstić information content (AvgIpc) is 2.78. The molecule has 0 saturated heterocycles. The molecular formula is C22H25BrN4O3. The maximum Gasteiger partial charge on any atom is 0.241 e. The molecule has 8 heteroatoms. The predicted molar refractivity (Wildman–Crippen MR) is 122 cm³/mol. The van der Waals surface area contributed by atoms with E-state index in [-0.39, 0.29) is 43.3 Å². The van der Waals surface area contributed by atoms with E-state index in [1.54, 1.807) is 22.9 Å². The van der Waals surface area contributed by atoms with Gasteiger partial charge in [0.15, 0.2) is 0 Å². The molecule has 2 aromatic carbocycles. The van der Waals surface area contributed by atoms with Crippen molar-refractivity contribution in [3.05, 3.63) is 52.5 Å². The molecular weight excluding hydrogens is 448 g/mol. The Hall–Kier alpha value is -2.71. The highest BCUT2D eigenvalue weighted by atomic mass is 79.9. The Bertz CT molecular complexity index is 979. The molecule has 1 aliphatic rings. The molecule has 0 aliphatic carbocycles. The molecule has 7 nitrogen and oxygen atoms in total. The van der Waals surface area contributed by atoms with Crippen molar-refractivity contribution in [3.63, 3.8) is 0 Å². The lowest BCUT2D eigenvalue weighted by atomic mass is 10.1. The van der Waals surface area contributed by atoms with Crippen LogP contribution in [0.1, 0.15) is 18.9 Å². The molecule has 1 heterocycles. The SMILES string of the molecule is Cc1ccc(NC(=O)CN(C)CC(=O)N2c3ccccc3NC(=O)CC2C)cc1Br. The van der Waals surface area contributed by atoms with Crippen LogP contribution in [0.5, 0.6) is 0 Å². The monoisotopic (exact) mass is 472 g/mol. The Balaban J connectivity index is 1.65. The zero-order valence-corrected chi connectivity index (χ0v) is 18.8. The van der Waals surface area contributed by atoms with Crippen molar-refractivity contribution >= 4 is 50.7 Å². The van der Waals surface area contributed by atoms with Crippen LogP contribution in [-0.4, -0.2) is 48.8 Å². The van der Waals surface area contributed by atoms with Gasteiger partial charge in [0.2, 0.25) is 17.7 Å². The van der Waals surface area contributed by atoms with Crippen LogP contribution in [0.25, 0.3) is 0 Å². The molecule has 1 unspecified atom stereocenters. The highest BCUT2D eigenvalue weighted by molar-refractivity contribution is 9.10. The van der Waals surface area contributed by atoms with Crippen molar-refractivity contribution in [2.45, 2.75) is 26.3 Å². The highest BCUT2D eigenvalue weighted by Gasteiger charge is 2.30. The van der Waals surface area contributed by atoms with E-state index in [2.05, 4.69) is 26.6 Å². The van der Waals surface area contributed by atoms with Crippen LogP contribution in [0.15, 0.2) is 46.9 Å². The van der Waals surface area contributed by atoms with E-state index >= 15 is 0 Å². The summed E-state index contributed by atoms with van der Waals surface area (Å²) in [7, 11) is 1.72. The van der Waals surface area contributed by atoms with Crippen LogP contribution < -0.4 is 15.5 Å². The van der Waals surface area contributed by atoms with Crippen molar-refractivity contribution in [2.24, 2.45) is 0 Å². The number of aryl methyl sites for hydroxylation is 1. The number of carbonyl (C=O) groups is 3. The zero-order chi connectivity index (χ0) is 21.8. The lowest BCUT2D eigenvalue weighted by Gasteiger charge is -2.29. The standard InChI is InChI=1S/C22H25BrN4O3/c1-14-8-9-16(11-17(14)23)24-21(29)12-26(3)13-22(30)27-15(2)10-20(28)25-18-6-4-5-7-19(18)27/h4-9,11,15H,10,12-13H2,1-3H3,(H,24,29)(H,25,28). The second kappa shape index (κ2) is 9.40. The third-order valence-electron chi connectivity index (χ3n) is 4.90. The summed E-state index contributed by atoms with van der Waals surface area (Å²) >= 11 is 3.45. The minimum Gasteiger partial charge on any atom is -0.325 e. The summed E-state index contributed by atoms with van der Waals surface area (Å²) in [4.78, 5) is 40.9. The fraction of sp³-hybridized carbons (Fsp3) is 0.318. The molecule has 0 bridgehead atoms. The van der Waals surface area contributed by atoms with Crippen molar-refractivity contribution < 1.29 is 14.4 Å². The van der Waals surface area contributed by atoms with Gasteiger partial charge in [0, 0.05) is 22.6 Å². The number of rotatable bonds is 5. The van der Waals surface area contributed by atoms with Gasteiger partial charge >= 0.3 is 0 Å². The maximum atomic E-state index is 13.1. The average molecular weight is 473 g/mol. The maximum absolute atomic E-state index is 13.1. The summed E-state index contributed by atoms with van der Waals surface area (Å²) in [6.07, 6.45) is 0.215. The van der Waals surface area contributed by atoms with Gasteiger partial charge in [-0.3, -0.25) is 19.3 Å². The topological polar surface area (TPSA) is 81.8 Å². The quantitative estimate of drug-likeness (QED) is 0.698. The van der Waals surface area contributed by atoms with Crippen molar-refractivity contribution in [1.29, 1.82) is 0 Å². The summed E-state index contributed by atoms with van der Waals surface area (Å²) in [6.45, 7) is 3.94. The third-order valence-corrected chi connectivity index (χ3v) is 5.76. The number of hydrogen-bond donors (Lipinski definition) is 2. The molecule has 3 rings (SSSR count). The summed E-state index contributed by atoms with van der Waals surface area (Å²) in [6, 6.07) is 12.6. The van der Waals surface area contributed by atoms with E-state index in [0.29, 0.717) is 17.1 Å². The molecule has 0 spiro atoms. The van der Waals surface area contributed by atoms with Crippen LogP contribution in [0.2, 0.25) is 0 Å². The number of amides is 3. The van der Waals surface area contributed by atoms with Gasteiger partial charge in [-0.1, -0.05) is 34.1 Å². The van der Waals surface area contributed by atoms with Gasteiger partial charge in [-0.2, -0.15) is 0 Å². The minimum absolute atomic E-state index is 0.0534. The fourth-order valence-electron chi connectivity index (χ4n) is 3.45. The smallest absolute Gasteiger partial charge is 0.241 e. The van der Waals surface area contributed by atoms with E-state index in [4.69, 9.17) is 0 Å². The second-order valence-corrected chi connectivity index (χ2v) is 8.42. The van der Waals surface area contributed by atoms with E-state index in [1.807, 2.05) is 50.2 Å². The fourth-order valence-corrected chi connectivity index (χ4v) is 3.83. The molecule has 1 atom stereocenters. The first-order chi connectivity index (χ1) is 14.2. The number of fused-ring (bicyclic) bond motifs is 1. The first-order valence-electron chi connectivity index (χ1n) is 9.70. The molecule has 0 radical (unpaired) electrons. The molecule has 30 heavy (non-hydrogen) atoms. The highest BCUT2D eigenvalue weighted by Crippen LogP contribution is 2.31. The molecule has 0 saturated carbocycles. The first kappa shape index (κ1) is 22.0. The van der Waals surface area contributed by atoms with Crippen LogP contribution in [0.4, 0.5) is 17.1 Å². The Morgan fingerprint density at radius 3 is 2.70 bits per heavy atom. The molecule has 158 valence electrons. The molecule has 0 fully saturated rings. The largest absolute Gasteiger partial charge is 0.325 e. The van der Waals surface area contributed by atoms with Gasteiger partial charge in [-0.05, 0) is 50.7 Å². The number of nitrogens with zero attached hydrogens (tertiary/aromatic N) is 2. The molecule has 2 N–H and O–H groups in total. The number of likely N-dealkylation sites (N-methyl/N-ethyl adjacent to an activating group) is 1. The van der Waals surface area contributed by atoms with Gasteiger partial charge in [0.1, 0.15) is 0 Å². The number of halogens is 1. The lowest BCUT2D eigenvalue weighted by molar-refractivity contribution is -0.121. The Labute approximate surface area is 184 Å². The van der Waals surface area contributed by atoms with E-state index in [0.717, 1.165) is 10.0 Å². The number of hydrogen-bond acceptors (Lipinski definition) is 4.